The minimum Gasteiger partial charge on any atom is -0.387 e. The van der Waals surface area contributed by atoms with Gasteiger partial charge < -0.3 is 20.8 Å². The van der Waals surface area contributed by atoms with Gasteiger partial charge in [-0.2, -0.15) is 4.98 Å². The standard InChI is InChI=1S/C24H24N4O2/c29-21(17-9-3-1-4-10-17)15-25-23-19-13-7-8-14-20(19)27-24(28-23)26-16-22(30)18-11-5-2-6-12-18/h1-14,21-22,29-30H,15-16H2,(H2,25,26,27,28). The molecule has 2 atom stereocenters. The highest BCUT2D eigenvalue weighted by molar-refractivity contribution is 5.90. The maximum absolute atomic E-state index is 10.5. The quantitative estimate of drug-likeness (QED) is 0.358. The van der Waals surface area contributed by atoms with Crippen molar-refractivity contribution in [3.05, 3.63) is 96.1 Å². The van der Waals surface area contributed by atoms with E-state index in [1.807, 2.05) is 84.9 Å². The molecular formula is C24H24N4O2. The predicted octanol–water partition coefficient (Wildman–Crippen LogP) is 3.92. The monoisotopic (exact) mass is 400 g/mol. The van der Waals surface area contributed by atoms with E-state index in [0.29, 0.717) is 18.3 Å². The first-order valence-corrected chi connectivity index (χ1v) is 9.91. The lowest BCUT2D eigenvalue weighted by Crippen LogP contribution is -2.16. The van der Waals surface area contributed by atoms with Crippen molar-refractivity contribution in [3.8, 4) is 0 Å². The molecule has 0 fully saturated rings. The minimum absolute atomic E-state index is 0.286. The van der Waals surface area contributed by atoms with E-state index in [4.69, 9.17) is 0 Å². The highest BCUT2D eigenvalue weighted by Gasteiger charge is 2.12. The van der Waals surface area contributed by atoms with Crippen LogP contribution in [0.1, 0.15) is 23.3 Å². The molecule has 6 nitrogen and oxygen atoms in total. The van der Waals surface area contributed by atoms with Gasteiger partial charge in [0.05, 0.1) is 17.7 Å². The topological polar surface area (TPSA) is 90.3 Å². The van der Waals surface area contributed by atoms with Crippen molar-refractivity contribution in [3.63, 3.8) is 0 Å². The summed E-state index contributed by atoms with van der Waals surface area (Å²) in [7, 11) is 0. The molecule has 30 heavy (non-hydrogen) atoms. The maximum Gasteiger partial charge on any atom is 0.225 e. The molecule has 0 bridgehead atoms. The zero-order valence-corrected chi connectivity index (χ0v) is 16.4. The molecule has 0 radical (unpaired) electrons. The van der Waals surface area contributed by atoms with E-state index in [2.05, 4.69) is 20.6 Å². The SMILES string of the molecule is OC(CNc1nc(NCC(O)c2ccccc2)c2ccccc2n1)c1ccccc1. The average molecular weight is 400 g/mol. The normalized spacial score (nSPS) is 13.0. The van der Waals surface area contributed by atoms with Crippen molar-refractivity contribution in [2.45, 2.75) is 12.2 Å². The van der Waals surface area contributed by atoms with Crippen LogP contribution in [0.5, 0.6) is 0 Å². The molecular weight excluding hydrogens is 376 g/mol. The van der Waals surface area contributed by atoms with Gasteiger partial charge in [-0.25, -0.2) is 4.98 Å². The summed E-state index contributed by atoms with van der Waals surface area (Å²) in [6.07, 6.45) is -1.33. The molecule has 1 aromatic heterocycles. The van der Waals surface area contributed by atoms with Gasteiger partial charge in [0.2, 0.25) is 5.95 Å². The van der Waals surface area contributed by atoms with Crippen LogP contribution in [0.15, 0.2) is 84.9 Å². The maximum atomic E-state index is 10.5. The van der Waals surface area contributed by atoms with Crippen LogP contribution < -0.4 is 10.6 Å². The van der Waals surface area contributed by atoms with E-state index in [1.165, 1.54) is 0 Å². The largest absolute Gasteiger partial charge is 0.387 e. The number of fused-ring (bicyclic) bond motifs is 1. The van der Waals surface area contributed by atoms with Crippen LogP contribution in [-0.2, 0) is 0 Å². The highest BCUT2D eigenvalue weighted by Crippen LogP contribution is 2.23. The molecule has 6 heteroatoms. The van der Waals surface area contributed by atoms with Gasteiger partial charge in [0.15, 0.2) is 0 Å². The third kappa shape index (κ3) is 4.74. The van der Waals surface area contributed by atoms with E-state index in [1.54, 1.807) is 0 Å². The first-order chi connectivity index (χ1) is 14.7. The van der Waals surface area contributed by atoms with E-state index < -0.39 is 12.2 Å². The summed E-state index contributed by atoms with van der Waals surface area (Å²) < 4.78 is 0. The molecule has 0 amide bonds. The van der Waals surface area contributed by atoms with Crippen LogP contribution in [0, 0.1) is 0 Å². The number of nitrogens with zero attached hydrogens (tertiary/aromatic N) is 2. The smallest absolute Gasteiger partial charge is 0.225 e. The van der Waals surface area contributed by atoms with Crippen LogP contribution >= 0.6 is 0 Å². The number of hydrogen-bond acceptors (Lipinski definition) is 6. The summed E-state index contributed by atoms with van der Waals surface area (Å²) >= 11 is 0. The Balaban J connectivity index is 1.50. The van der Waals surface area contributed by atoms with E-state index in [-0.39, 0.29) is 6.54 Å². The number of aliphatic hydroxyl groups is 2. The summed E-state index contributed by atoms with van der Waals surface area (Å²) in [4.78, 5) is 9.13. The number of hydrogen-bond donors (Lipinski definition) is 4. The fraction of sp³-hybridized carbons (Fsp3) is 0.167. The van der Waals surface area contributed by atoms with Gasteiger partial charge >= 0.3 is 0 Å². The lowest BCUT2D eigenvalue weighted by atomic mass is 10.1. The third-order valence-corrected chi connectivity index (χ3v) is 4.89. The van der Waals surface area contributed by atoms with Crippen LogP contribution in [0.25, 0.3) is 10.9 Å². The van der Waals surface area contributed by atoms with Crippen molar-refractivity contribution in [2.75, 3.05) is 23.7 Å². The Morgan fingerprint density at radius 1 is 0.633 bits per heavy atom. The highest BCUT2D eigenvalue weighted by atomic mass is 16.3. The van der Waals surface area contributed by atoms with Crippen LogP contribution in [0.4, 0.5) is 11.8 Å². The van der Waals surface area contributed by atoms with Gasteiger partial charge in [-0.05, 0) is 23.3 Å². The molecule has 0 aliphatic carbocycles. The fourth-order valence-electron chi connectivity index (χ4n) is 3.26. The van der Waals surface area contributed by atoms with Crippen molar-refractivity contribution >= 4 is 22.7 Å². The van der Waals surface area contributed by atoms with E-state index in [9.17, 15) is 10.2 Å². The lowest BCUT2D eigenvalue weighted by Gasteiger charge is -2.16. The summed E-state index contributed by atoms with van der Waals surface area (Å²) in [5.74, 6) is 1.05. The summed E-state index contributed by atoms with van der Waals surface area (Å²) in [5, 5.41) is 28.1. The van der Waals surface area contributed by atoms with Gasteiger partial charge in [0.25, 0.3) is 0 Å². The minimum atomic E-state index is -0.669. The Kier molecular flexibility index (Phi) is 6.17. The molecule has 4 rings (SSSR count). The molecule has 4 N–H and O–H groups in total. The summed E-state index contributed by atoms with van der Waals surface area (Å²) in [6.45, 7) is 0.603. The number of aromatic nitrogens is 2. The number of anilines is 2. The van der Waals surface area contributed by atoms with Crippen molar-refractivity contribution < 1.29 is 10.2 Å². The Hall–Kier alpha value is -3.48. The van der Waals surface area contributed by atoms with E-state index in [0.717, 1.165) is 22.0 Å². The molecule has 4 aromatic rings. The van der Waals surface area contributed by atoms with E-state index >= 15 is 0 Å². The first-order valence-electron chi connectivity index (χ1n) is 9.91. The van der Waals surface area contributed by atoms with Crippen LogP contribution in [0.2, 0.25) is 0 Å². The zero-order valence-electron chi connectivity index (χ0n) is 16.4. The summed E-state index contributed by atoms with van der Waals surface area (Å²) in [5.41, 5.74) is 2.45. The van der Waals surface area contributed by atoms with Crippen molar-refractivity contribution in [1.82, 2.24) is 9.97 Å². The number of para-hydroxylation sites is 1. The van der Waals surface area contributed by atoms with Crippen molar-refractivity contribution in [2.24, 2.45) is 0 Å². The number of nitrogens with one attached hydrogen (secondary N) is 2. The Bertz CT molecular complexity index is 1090. The Morgan fingerprint density at radius 2 is 1.17 bits per heavy atom. The zero-order chi connectivity index (χ0) is 20.8. The van der Waals surface area contributed by atoms with Gasteiger partial charge in [0, 0.05) is 18.5 Å². The number of benzene rings is 3. The van der Waals surface area contributed by atoms with Gasteiger partial charge in [0.1, 0.15) is 5.82 Å². The number of aliphatic hydroxyl groups excluding tert-OH is 2. The molecule has 3 aromatic carbocycles. The van der Waals surface area contributed by atoms with Crippen molar-refractivity contribution in [1.29, 1.82) is 0 Å². The molecule has 1 heterocycles. The molecule has 152 valence electrons. The number of rotatable bonds is 8. The molecule has 2 unspecified atom stereocenters. The Morgan fingerprint density at radius 3 is 1.80 bits per heavy atom. The second-order valence-electron chi connectivity index (χ2n) is 7.03. The first kappa shape index (κ1) is 19.8. The Labute approximate surface area is 175 Å². The molecule has 0 saturated carbocycles. The lowest BCUT2D eigenvalue weighted by molar-refractivity contribution is 0.191. The molecule has 0 saturated heterocycles. The average Bonchev–Trinajstić information content (AvgIpc) is 2.81. The fourth-order valence-corrected chi connectivity index (χ4v) is 3.26. The van der Waals surface area contributed by atoms with Gasteiger partial charge in [-0.15, -0.1) is 0 Å². The van der Waals surface area contributed by atoms with Crippen LogP contribution in [-0.4, -0.2) is 33.3 Å². The third-order valence-electron chi connectivity index (χ3n) is 4.89. The summed E-state index contributed by atoms with van der Waals surface area (Å²) in [6, 6.07) is 26.7. The van der Waals surface area contributed by atoms with Gasteiger partial charge in [-0.3, -0.25) is 0 Å². The van der Waals surface area contributed by atoms with Crippen LogP contribution in [0.3, 0.4) is 0 Å². The molecule has 0 spiro atoms. The molecule has 0 aliphatic rings. The predicted molar refractivity (Wildman–Crippen MR) is 119 cm³/mol. The second kappa shape index (κ2) is 9.35. The molecule has 0 aliphatic heterocycles. The van der Waals surface area contributed by atoms with Gasteiger partial charge in [-0.1, -0.05) is 72.8 Å². The second-order valence-corrected chi connectivity index (χ2v) is 7.03.